The molecule has 1 aromatic carbocycles. The van der Waals surface area contributed by atoms with Crippen molar-refractivity contribution in [1.82, 2.24) is 0 Å². The molecule has 0 aliphatic carbocycles. The normalized spacial score (nSPS) is 10.6. The first-order chi connectivity index (χ1) is 6.02. The summed E-state index contributed by atoms with van der Waals surface area (Å²) in [4.78, 5) is 0. The number of alkyl halides is 2. The maximum Gasteiger partial charge on any atom is 0.491 e. The second kappa shape index (κ2) is 3.80. The zero-order chi connectivity index (χ0) is 10.0. The maximum atomic E-state index is 12.8. The van der Waals surface area contributed by atoms with Gasteiger partial charge in [-0.3, -0.25) is 0 Å². The van der Waals surface area contributed by atoms with Gasteiger partial charge in [0.1, 0.15) is 5.82 Å². The fraction of sp³-hybridized carbons (Fsp3) is 0.143. The summed E-state index contributed by atoms with van der Waals surface area (Å²) in [5.41, 5.74) is -0.897. The lowest BCUT2D eigenvalue weighted by Crippen LogP contribution is -2.32. The molecule has 0 amide bonds. The van der Waals surface area contributed by atoms with Crippen LogP contribution in [0.15, 0.2) is 18.2 Å². The average molecular weight is 190 g/mol. The summed E-state index contributed by atoms with van der Waals surface area (Å²) in [6.45, 7) is 0. The van der Waals surface area contributed by atoms with E-state index >= 15 is 0 Å². The van der Waals surface area contributed by atoms with E-state index in [1.54, 1.807) is 0 Å². The lowest BCUT2D eigenvalue weighted by Gasteiger charge is -2.03. The summed E-state index contributed by atoms with van der Waals surface area (Å²) in [6.07, 6.45) is -2.76. The molecule has 1 rings (SSSR count). The van der Waals surface area contributed by atoms with Gasteiger partial charge in [-0.25, -0.2) is 13.2 Å². The third kappa shape index (κ3) is 2.23. The molecule has 13 heavy (non-hydrogen) atoms. The molecule has 70 valence electrons. The van der Waals surface area contributed by atoms with Crippen LogP contribution in [-0.2, 0) is 0 Å². The van der Waals surface area contributed by atoms with Gasteiger partial charge in [-0.2, -0.15) is 0 Å². The molecule has 1 aromatic rings. The third-order valence-corrected chi connectivity index (χ3v) is 1.55. The zero-order valence-corrected chi connectivity index (χ0v) is 6.42. The highest BCUT2D eigenvalue weighted by Gasteiger charge is 2.18. The minimum Gasteiger partial charge on any atom is -0.423 e. The summed E-state index contributed by atoms with van der Waals surface area (Å²) in [5, 5.41) is 17.1. The van der Waals surface area contributed by atoms with Crippen molar-refractivity contribution in [2.24, 2.45) is 0 Å². The van der Waals surface area contributed by atoms with Crippen LogP contribution in [-0.4, -0.2) is 17.2 Å². The summed E-state index contributed by atoms with van der Waals surface area (Å²) in [6, 6.07) is 2.45. The fourth-order valence-corrected chi connectivity index (χ4v) is 0.889. The predicted molar refractivity (Wildman–Crippen MR) is 41.2 cm³/mol. The van der Waals surface area contributed by atoms with Gasteiger partial charge in [0.05, 0.1) is 0 Å². The Labute approximate surface area is 72.8 Å². The summed E-state index contributed by atoms with van der Waals surface area (Å²) in [7, 11) is -1.98. The number of halogens is 3. The van der Waals surface area contributed by atoms with E-state index in [-0.39, 0.29) is 0 Å². The monoisotopic (exact) mass is 190 g/mol. The van der Waals surface area contributed by atoms with Gasteiger partial charge in [-0.1, -0.05) is 12.1 Å². The van der Waals surface area contributed by atoms with Crippen LogP contribution in [0.2, 0.25) is 0 Å². The highest BCUT2D eigenvalue weighted by atomic mass is 19.3. The molecule has 0 aromatic heterocycles. The van der Waals surface area contributed by atoms with Crippen molar-refractivity contribution >= 4 is 12.6 Å². The van der Waals surface area contributed by atoms with E-state index in [1.165, 1.54) is 0 Å². The lowest BCUT2D eigenvalue weighted by atomic mass is 9.79. The van der Waals surface area contributed by atoms with Crippen LogP contribution in [0.1, 0.15) is 12.0 Å². The van der Waals surface area contributed by atoms with Gasteiger partial charge in [0.15, 0.2) is 0 Å². The quantitative estimate of drug-likeness (QED) is 0.664. The molecule has 0 saturated heterocycles. The minimum absolute atomic E-state index is 0.413. The van der Waals surface area contributed by atoms with E-state index in [4.69, 9.17) is 10.0 Å². The molecule has 0 heterocycles. The lowest BCUT2D eigenvalue weighted by molar-refractivity contribution is 0.151. The van der Waals surface area contributed by atoms with Crippen LogP contribution in [0, 0.1) is 5.82 Å². The molecule has 2 N–H and O–H groups in total. The Hall–Kier alpha value is -1.01. The SMILES string of the molecule is OB(O)c1ccc(C(F)F)cc1F. The Bertz CT molecular complexity index is 304. The van der Waals surface area contributed by atoms with Gasteiger partial charge in [-0.15, -0.1) is 0 Å². The molecule has 0 bridgehead atoms. The van der Waals surface area contributed by atoms with Gasteiger partial charge in [-0.05, 0) is 6.07 Å². The van der Waals surface area contributed by atoms with Gasteiger partial charge in [0.25, 0.3) is 6.43 Å². The van der Waals surface area contributed by atoms with Crippen molar-refractivity contribution in [2.45, 2.75) is 6.43 Å². The molecule has 0 fully saturated rings. The van der Waals surface area contributed by atoms with Crippen molar-refractivity contribution < 1.29 is 23.2 Å². The third-order valence-electron chi connectivity index (χ3n) is 1.55. The Balaban J connectivity index is 3.06. The second-order valence-corrected chi connectivity index (χ2v) is 2.46. The first-order valence-corrected chi connectivity index (χ1v) is 3.46. The van der Waals surface area contributed by atoms with E-state index < -0.39 is 30.4 Å². The van der Waals surface area contributed by atoms with Crippen molar-refractivity contribution in [2.75, 3.05) is 0 Å². The minimum atomic E-state index is -2.76. The first-order valence-electron chi connectivity index (χ1n) is 3.46. The predicted octanol–water partition coefficient (Wildman–Crippen LogP) is 0.443. The van der Waals surface area contributed by atoms with Crippen molar-refractivity contribution in [3.63, 3.8) is 0 Å². The van der Waals surface area contributed by atoms with E-state index in [1.807, 2.05) is 0 Å². The van der Waals surface area contributed by atoms with Crippen LogP contribution in [0.3, 0.4) is 0 Å². The molecule has 0 atom stereocenters. The Morgan fingerprint density at radius 2 is 1.85 bits per heavy atom. The molecule has 0 aliphatic heterocycles. The standard InChI is InChI=1S/C7H6BF3O2/c9-6-3-4(7(10)11)1-2-5(6)8(12)13/h1-3,7,12-13H. The first kappa shape index (κ1) is 10.1. The van der Waals surface area contributed by atoms with E-state index in [0.29, 0.717) is 6.07 Å². The van der Waals surface area contributed by atoms with E-state index in [0.717, 1.165) is 12.1 Å². The van der Waals surface area contributed by atoms with Crippen molar-refractivity contribution in [3.8, 4) is 0 Å². The smallest absolute Gasteiger partial charge is 0.423 e. The Kier molecular flexibility index (Phi) is 2.95. The number of benzene rings is 1. The number of hydrogen-bond acceptors (Lipinski definition) is 2. The van der Waals surface area contributed by atoms with Crippen LogP contribution >= 0.6 is 0 Å². The van der Waals surface area contributed by atoms with Crippen LogP contribution < -0.4 is 5.46 Å². The molecule has 0 spiro atoms. The Morgan fingerprint density at radius 1 is 1.23 bits per heavy atom. The van der Waals surface area contributed by atoms with Crippen LogP contribution in [0.4, 0.5) is 13.2 Å². The van der Waals surface area contributed by atoms with Gasteiger partial charge >= 0.3 is 7.12 Å². The van der Waals surface area contributed by atoms with Gasteiger partial charge < -0.3 is 10.0 Å². The second-order valence-electron chi connectivity index (χ2n) is 2.46. The molecule has 0 saturated carbocycles. The highest BCUT2D eigenvalue weighted by molar-refractivity contribution is 6.58. The molecular weight excluding hydrogens is 184 g/mol. The molecule has 6 heteroatoms. The summed E-state index contributed by atoms with van der Waals surface area (Å²) in [5.74, 6) is -1.05. The zero-order valence-electron chi connectivity index (χ0n) is 6.42. The van der Waals surface area contributed by atoms with Crippen molar-refractivity contribution in [3.05, 3.63) is 29.6 Å². The molecule has 2 nitrogen and oxygen atoms in total. The summed E-state index contributed by atoms with van der Waals surface area (Å²) < 4.78 is 36.8. The Morgan fingerprint density at radius 3 is 2.23 bits per heavy atom. The van der Waals surface area contributed by atoms with Crippen LogP contribution in [0.5, 0.6) is 0 Å². The van der Waals surface area contributed by atoms with Crippen LogP contribution in [0.25, 0.3) is 0 Å². The topological polar surface area (TPSA) is 40.5 Å². The van der Waals surface area contributed by atoms with Crippen molar-refractivity contribution in [1.29, 1.82) is 0 Å². The number of rotatable bonds is 2. The van der Waals surface area contributed by atoms with E-state index in [2.05, 4.69) is 0 Å². The average Bonchev–Trinajstić information content (AvgIpc) is 2.03. The highest BCUT2D eigenvalue weighted by Crippen LogP contribution is 2.18. The number of hydrogen-bond donors (Lipinski definition) is 2. The summed E-state index contributed by atoms with van der Waals surface area (Å²) >= 11 is 0. The molecule has 0 radical (unpaired) electrons. The van der Waals surface area contributed by atoms with Gasteiger partial charge in [0, 0.05) is 11.0 Å². The fourth-order valence-electron chi connectivity index (χ4n) is 0.889. The van der Waals surface area contributed by atoms with Gasteiger partial charge in [0.2, 0.25) is 0 Å². The van der Waals surface area contributed by atoms with E-state index in [9.17, 15) is 13.2 Å². The molecular formula is C7H6BF3O2. The molecule has 0 aliphatic rings. The molecule has 0 unspecified atom stereocenters. The largest absolute Gasteiger partial charge is 0.491 e. The maximum absolute atomic E-state index is 12.8.